The van der Waals surface area contributed by atoms with Gasteiger partial charge in [-0.25, -0.2) is 4.39 Å². The molecule has 0 saturated heterocycles. The van der Waals surface area contributed by atoms with Crippen LogP contribution in [0, 0.1) is 12.7 Å². The number of carbonyl (C=O) groups excluding carboxylic acids is 1. The van der Waals surface area contributed by atoms with Crippen LogP contribution in [0.3, 0.4) is 0 Å². The largest absolute Gasteiger partial charge is 0.341 e. The summed E-state index contributed by atoms with van der Waals surface area (Å²) in [7, 11) is 0. The molecule has 2 rings (SSSR count). The SMILES string of the molecule is CCN(c1ccccc1C)c1ccc(F)cc1C=O. The van der Waals surface area contributed by atoms with E-state index in [1.807, 2.05) is 43.0 Å². The first-order chi connectivity index (χ1) is 9.17. The van der Waals surface area contributed by atoms with E-state index in [2.05, 4.69) is 0 Å². The summed E-state index contributed by atoms with van der Waals surface area (Å²) in [5.41, 5.74) is 3.24. The van der Waals surface area contributed by atoms with Crippen LogP contribution in [-0.4, -0.2) is 12.8 Å². The maximum atomic E-state index is 13.2. The molecule has 0 radical (unpaired) electrons. The highest BCUT2D eigenvalue weighted by Crippen LogP contribution is 2.30. The van der Waals surface area contributed by atoms with Crippen LogP contribution >= 0.6 is 0 Å². The van der Waals surface area contributed by atoms with Crippen molar-refractivity contribution in [2.24, 2.45) is 0 Å². The van der Waals surface area contributed by atoms with Crippen LogP contribution in [0.25, 0.3) is 0 Å². The summed E-state index contributed by atoms with van der Waals surface area (Å²) < 4.78 is 13.2. The van der Waals surface area contributed by atoms with Crippen LogP contribution in [0.4, 0.5) is 15.8 Å². The molecule has 0 aliphatic rings. The van der Waals surface area contributed by atoms with Crippen LogP contribution in [0.15, 0.2) is 42.5 Å². The smallest absolute Gasteiger partial charge is 0.152 e. The Morgan fingerprint density at radius 1 is 1.16 bits per heavy atom. The number of carbonyl (C=O) groups is 1. The van der Waals surface area contributed by atoms with Gasteiger partial charge in [0.2, 0.25) is 0 Å². The van der Waals surface area contributed by atoms with E-state index in [9.17, 15) is 9.18 Å². The van der Waals surface area contributed by atoms with Gasteiger partial charge in [0.15, 0.2) is 6.29 Å². The fraction of sp³-hybridized carbons (Fsp3) is 0.188. The van der Waals surface area contributed by atoms with Crippen molar-refractivity contribution in [2.45, 2.75) is 13.8 Å². The monoisotopic (exact) mass is 257 g/mol. The second-order valence-corrected chi connectivity index (χ2v) is 4.35. The summed E-state index contributed by atoms with van der Waals surface area (Å²) in [5.74, 6) is -0.397. The number of hydrogen-bond acceptors (Lipinski definition) is 2. The normalized spacial score (nSPS) is 10.3. The maximum Gasteiger partial charge on any atom is 0.152 e. The Balaban J connectivity index is 2.54. The van der Waals surface area contributed by atoms with Crippen LogP contribution < -0.4 is 4.90 Å². The standard InChI is InChI=1S/C16H16FNO/c1-3-18(15-7-5-4-6-12(15)2)16-9-8-14(17)10-13(16)11-19/h4-11H,3H2,1-2H3. The Kier molecular flexibility index (Phi) is 3.95. The van der Waals surface area contributed by atoms with Gasteiger partial charge >= 0.3 is 0 Å². The molecule has 2 aromatic rings. The molecule has 98 valence electrons. The summed E-state index contributed by atoms with van der Waals surface area (Å²) >= 11 is 0. The Labute approximate surface area is 112 Å². The van der Waals surface area contributed by atoms with Gasteiger partial charge in [0.05, 0.1) is 5.69 Å². The minimum absolute atomic E-state index is 0.366. The van der Waals surface area contributed by atoms with Gasteiger partial charge in [-0.1, -0.05) is 18.2 Å². The minimum atomic E-state index is -0.397. The molecule has 0 amide bonds. The van der Waals surface area contributed by atoms with Crippen molar-refractivity contribution in [1.82, 2.24) is 0 Å². The average molecular weight is 257 g/mol. The first-order valence-electron chi connectivity index (χ1n) is 6.25. The molecule has 0 N–H and O–H groups in total. The molecule has 2 aromatic carbocycles. The van der Waals surface area contributed by atoms with E-state index in [0.29, 0.717) is 18.4 Å². The van der Waals surface area contributed by atoms with Gasteiger partial charge < -0.3 is 4.90 Å². The zero-order chi connectivity index (χ0) is 13.8. The topological polar surface area (TPSA) is 20.3 Å². The molecule has 0 atom stereocenters. The molecule has 3 heteroatoms. The summed E-state index contributed by atoms with van der Waals surface area (Å²) in [6.07, 6.45) is 0.694. The lowest BCUT2D eigenvalue weighted by molar-refractivity contribution is 0.112. The highest BCUT2D eigenvalue weighted by molar-refractivity contribution is 5.87. The fourth-order valence-corrected chi connectivity index (χ4v) is 2.20. The molecular weight excluding hydrogens is 241 g/mol. The summed E-state index contributed by atoms with van der Waals surface area (Å²) in [6, 6.07) is 12.2. The number of benzene rings is 2. The highest BCUT2D eigenvalue weighted by atomic mass is 19.1. The maximum absolute atomic E-state index is 13.2. The van der Waals surface area contributed by atoms with E-state index in [1.165, 1.54) is 12.1 Å². The van der Waals surface area contributed by atoms with Crippen LogP contribution in [0.1, 0.15) is 22.8 Å². The average Bonchev–Trinajstić information content (AvgIpc) is 2.43. The quantitative estimate of drug-likeness (QED) is 0.768. The van der Waals surface area contributed by atoms with Crippen molar-refractivity contribution < 1.29 is 9.18 Å². The Bertz CT molecular complexity index is 595. The van der Waals surface area contributed by atoms with E-state index in [-0.39, 0.29) is 0 Å². The molecule has 19 heavy (non-hydrogen) atoms. The number of halogens is 1. The molecule has 0 aromatic heterocycles. The van der Waals surface area contributed by atoms with Crippen molar-refractivity contribution in [2.75, 3.05) is 11.4 Å². The highest BCUT2D eigenvalue weighted by Gasteiger charge is 2.13. The summed E-state index contributed by atoms with van der Waals surface area (Å²) in [6.45, 7) is 4.73. The second kappa shape index (κ2) is 5.65. The number of para-hydroxylation sites is 1. The zero-order valence-electron chi connectivity index (χ0n) is 11.1. The predicted octanol–water partition coefficient (Wildman–Crippen LogP) is 4.10. The Morgan fingerprint density at radius 3 is 2.53 bits per heavy atom. The van der Waals surface area contributed by atoms with E-state index in [1.54, 1.807) is 6.07 Å². The molecule has 0 bridgehead atoms. The number of aldehydes is 1. The lowest BCUT2D eigenvalue weighted by atomic mass is 10.1. The number of anilines is 2. The van der Waals surface area contributed by atoms with Gasteiger partial charge in [0.25, 0.3) is 0 Å². The van der Waals surface area contributed by atoms with E-state index in [4.69, 9.17) is 0 Å². The van der Waals surface area contributed by atoms with Crippen molar-refractivity contribution in [3.8, 4) is 0 Å². The summed E-state index contributed by atoms with van der Waals surface area (Å²) in [4.78, 5) is 13.1. The molecule has 0 aliphatic carbocycles. The lowest BCUT2D eigenvalue weighted by Crippen LogP contribution is -2.18. The van der Waals surface area contributed by atoms with Gasteiger partial charge in [-0.2, -0.15) is 0 Å². The molecule has 0 spiro atoms. The molecule has 0 aliphatic heterocycles. The lowest BCUT2D eigenvalue weighted by Gasteiger charge is -2.26. The van der Waals surface area contributed by atoms with Gasteiger partial charge in [-0.05, 0) is 43.7 Å². The van der Waals surface area contributed by atoms with Crippen molar-refractivity contribution >= 4 is 17.7 Å². The predicted molar refractivity (Wildman–Crippen MR) is 75.6 cm³/mol. The van der Waals surface area contributed by atoms with Gasteiger partial charge in [0, 0.05) is 17.8 Å². The third-order valence-corrected chi connectivity index (χ3v) is 3.13. The number of nitrogens with zero attached hydrogens (tertiary/aromatic N) is 1. The van der Waals surface area contributed by atoms with E-state index < -0.39 is 5.82 Å². The zero-order valence-corrected chi connectivity index (χ0v) is 11.1. The molecule has 0 saturated carbocycles. The Hall–Kier alpha value is -2.16. The van der Waals surface area contributed by atoms with Crippen LogP contribution in [-0.2, 0) is 0 Å². The van der Waals surface area contributed by atoms with Gasteiger partial charge in [0.1, 0.15) is 5.82 Å². The Morgan fingerprint density at radius 2 is 1.89 bits per heavy atom. The second-order valence-electron chi connectivity index (χ2n) is 4.35. The van der Waals surface area contributed by atoms with Crippen molar-refractivity contribution in [1.29, 1.82) is 0 Å². The molecule has 0 fully saturated rings. The number of aryl methyl sites for hydroxylation is 1. The van der Waals surface area contributed by atoms with Crippen LogP contribution in [0.2, 0.25) is 0 Å². The van der Waals surface area contributed by atoms with Gasteiger partial charge in [-0.3, -0.25) is 4.79 Å². The number of rotatable bonds is 4. The fourth-order valence-electron chi connectivity index (χ4n) is 2.20. The summed E-state index contributed by atoms with van der Waals surface area (Å²) in [5, 5.41) is 0. The van der Waals surface area contributed by atoms with Crippen molar-refractivity contribution in [3.05, 3.63) is 59.4 Å². The molecule has 0 unspecified atom stereocenters. The van der Waals surface area contributed by atoms with Crippen molar-refractivity contribution in [3.63, 3.8) is 0 Å². The van der Waals surface area contributed by atoms with E-state index >= 15 is 0 Å². The van der Waals surface area contributed by atoms with Crippen LogP contribution in [0.5, 0.6) is 0 Å². The molecular formula is C16H16FNO. The first kappa shape index (κ1) is 13.3. The third-order valence-electron chi connectivity index (χ3n) is 3.13. The first-order valence-corrected chi connectivity index (χ1v) is 6.25. The van der Waals surface area contributed by atoms with Gasteiger partial charge in [-0.15, -0.1) is 0 Å². The minimum Gasteiger partial charge on any atom is -0.341 e. The third kappa shape index (κ3) is 2.65. The molecule has 2 nitrogen and oxygen atoms in total. The number of hydrogen-bond donors (Lipinski definition) is 0. The molecule has 0 heterocycles. The van der Waals surface area contributed by atoms with E-state index in [0.717, 1.165) is 16.9 Å².